The fraction of sp³-hybridized carbons (Fsp3) is 0.791. The highest BCUT2D eigenvalue weighted by molar-refractivity contribution is 5.85. The highest BCUT2D eigenvalue weighted by Gasteiger charge is 2.51. The Balaban J connectivity index is 1.74. The van der Waals surface area contributed by atoms with Crippen molar-refractivity contribution in [2.45, 2.75) is 166 Å². The zero-order valence-electron chi connectivity index (χ0n) is 34.2. The van der Waals surface area contributed by atoms with Crippen LogP contribution in [-0.2, 0) is 33.3 Å². The number of Topliss-reactive ketones (excluding diaryl/α,β-unsaturated/α-hetero) is 1. The van der Waals surface area contributed by atoms with Crippen LogP contribution in [0.15, 0.2) is 36.0 Å². The second-order valence-electron chi connectivity index (χ2n) is 17.1. The van der Waals surface area contributed by atoms with Crippen LogP contribution >= 0.6 is 0 Å². The average molecular weight is 776 g/mol. The summed E-state index contributed by atoms with van der Waals surface area (Å²) in [5, 5.41) is 44.2. The number of methoxy groups -OCH3 is 2. The van der Waals surface area contributed by atoms with Crippen LogP contribution in [-0.4, -0.2) is 118 Å². The summed E-state index contributed by atoms with van der Waals surface area (Å²) in [6.45, 7) is 13.7. The number of hydrogen-bond acceptors (Lipinski definition) is 11. The number of carbonyl (C=O) groups is 3. The zero-order valence-corrected chi connectivity index (χ0v) is 34.2. The molecule has 0 unspecified atom stereocenters. The molecule has 2 bridgehead atoms. The molecular formula is C43H69NO11. The predicted octanol–water partition coefficient (Wildman–Crippen LogP) is 4.81. The van der Waals surface area contributed by atoms with Gasteiger partial charge in [-0.25, -0.2) is 4.79 Å². The average Bonchev–Trinajstić information content (AvgIpc) is 3.14. The number of aliphatic hydroxyl groups excluding tert-OH is 3. The number of ether oxygens (including phenoxy) is 4. The van der Waals surface area contributed by atoms with Crippen LogP contribution in [0.2, 0.25) is 0 Å². The van der Waals surface area contributed by atoms with Crippen LogP contribution in [0, 0.1) is 29.6 Å². The van der Waals surface area contributed by atoms with Crippen LogP contribution in [0.25, 0.3) is 0 Å². The van der Waals surface area contributed by atoms with Crippen molar-refractivity contribution in [3.8, 4) is 0 Å². The molecule has 1 amide bonds. The summed E-state index contributed by atoms with van der Waals surface area (Å²) < 4.78 is 24.6. The van der Waals surface area contributed by atoms with Gasteiger partial charge in [-0.15, -0.1) is 6.58 Å². The minimum absolute atomic E-state index is 0.0917. The van der Waals surface area contributed by atoms with Gasteiger partial charge >= 0.3 is 5.97 Å². The molecule has 1 saturated carbocycles. The lowest BCUT2D eigenvalue weighted by Gasteiger charge is -2.48. The molecule has 0 aromatic rings. The van der Waals surface area contributed by atoms with E-state index in [1.54, 1.807) is 27.2 Å². The van der Waals surface area contributed by atoms with E-state index in [0.717, 1.165) is 5.57 Å². The van der Waals surface area contributed by atoms with E-state index in [9.17, 15) is 34.8 Å². The molecule has 0 spiro atoms. The quantitative estimate of drug-likeness (QED) is 0.216. The van der Waals surface area contributed by atoms with Crippen molar-refractivity contribution in [2.24, 2.45) is 29.6 Å². The number of allylic oxidation sites excluding steroid dienone is 4. The normalized spacial score (nSPS) is 42.0. The number of esters is 1. The number of aliphatic hydroxyl groups is 4. The van der Waals surface area contributed by atoms with Gasteiger partial charge in [0.2, 0.25) is 5.91 Å². The molecular weight excluding hydrogens is 706 g/mol. The molecule has 4 aliphatic rings. The number of cyclic esters (lactones) is 1. The second kappa shape index (κ2) is 20.3. The van der Waals surface area contributed by atoms with E-state index >= 15 is 0 Å². The Morgan fingerprint density at radius 3 is 2.31 bits per heavy atom. The molecule has 55 heavy (non-hydrogen) atoms. The number of ketones is 1. The largest absolute Gasteiger partial charge is 0.456 e. The van der Waals surface area contributed by atoms with E-state index in [1.165, 1.54) is 4.90 Å². The zero-order chi connectivity index (χ0) is 40.6. The first kappa shape index (κ1) is 45.3. The Morgan fingerprint density at radius 2 is 1.65 bits per heavy atom. The minimum Gasteiger partial charge on any atom is -0.456 e. The van der Waals surface area contributed by atoms with Gasteiger partial charge in [0.25, 0.3) is 0 Å². The van der Waals surface area contributed by atoms with Crippen molar-refractivity contribution < 1.29 is 53.8 Å². The van der Waals surface area contributed by atoms with E-state index in [2.05, 4.69) is 13.5 Å². The Bertz CT molecular complexity index is 1380. The fourth-order valence-corrected chi connectivity index (χ4v) is 9.27. The van der Waals surface area contributed by atoms with Gasteiger partial charge < -0.3 is 44.3 Å². The molecule has 312 valence electrons. The first-order valence-corrected chi connectivity index (χ1v) is 20.5. The summed E-state index contributed by atoms with van der Waals surface area (Å²) >= 11 is 0. The first-order valence-electron chi connectivity index (χ1n) is 20.5. The molecule has 0 radical (unpaired) electrons. The Kier molecular flexibility index (Phi) is 16.7. The summed E-state index contributed by atoms with van der Waals surface area (Å²) in [5.74, 6) is -4.72. The number of fused-ring (bicyclic) bond motifs is 3. The summed E-state index contributed by atoms with van der Waals surface area (Å²) in [6.07, 6.45) is 4.95. The molecule has 3 aliphatic heterocycles. The maximum atomic E-state index is 14.2. The predicted molar refractivity (Wildman–Crippen MR) is 207 cm³/mol. The minimum atomic E-state index is -1.84. The SMILES string of the molecule is C=CC[C@@H]1/C=C(/C)C[C@H](C)C[C@H](OC)[C@H]2O[C@@](O)(CC(=O)N3CCCC[C@H]3C(=O)O[C@H](/C(C)=C/[C@@H]3CC[C@@H](O)[C@H](O)C3)[C@H](C)[C@@H](O)CC1=O)[C@H](C)C[C@@H]2OC. The lowest BCUT2D eigenvalue weighted by molar-refractivity contribution is -0.321. The number of amides is 1. The van der Waals surface area contributed by atoms with Gasteiger partial charge in [-0.05, 0) is 95.5 Å². The molecule has 3 heterocycles. The van der Waals surface area contributed by atoms with Crippen molar-refractivity contribution in [1.82, 2.24) is 4.90 Å². The third-order valence-electron chi connectivity index (χ3n) is 12.7. The van der Waals surface area contributed by atoms with Gasteiger partial charge in [0.15, 0.2) is 5.79 Å². The van der Waals surface area contributed by atoms with Gasteiger partial charge in [0, 0.05) is 44.9 Å². The number of piperidine rings is 1. The van der Waals surface area contributed by atoms with E-state index in [1.807, 2.05) is 32.9 Å². The smallest absolute Gasteiger partial charge is 0.329 e. The topological polar surface area (TPSA) is 172 Å². The van der Waals surface area contributed by atoms with E-state index < -0.39 is 84.2 Å². The fourth-order valence-electron chi connectivity index (χ4n) is 9.27. The third kappa shape index (κ3) is 11.6. The monoisotopic (exact) mass is 775 g/mol. The van der Waals surface area contributed by atoms with Crippen molar-refractivity contribution in [1.29, 1.82) is 0 Å². The standard InChI is InChI=1S/C43H69NO11/c1-9-12-31-18-25(2)17-26(3)19-37(52-7)41-38(53-8)21-28(5)43(51,55-41)24-39(49)44-16-11-10-13-32(44)42(50)54-40(29(6)34(46)23-35(31)47)27(4)20-30-14-15-33(45)36(48)22-30/h9,18,20,26,28-34,36-38,40-41,45-46,48,51H,1,10-17,19,21-24H2,2-8H3/b25-18-,27-20+/t26-,28+,29+,30-,31+,32-,33+,34-,36+,37-,38-,40+,41+,43-/m0/s1. The van der Waals surface area contributed by atoms with E-state index in [-0.39, 0.29) is 30.5 Å². The van der Waals surface area contributed by atoms with Gasteiger partial charge in [0.1, 0.15) is 24.0 Å². The third-order valence-corrected chi connectivity index (χ3v) is 12.7. The molecule has 2 saturated heterocycles. The lowest BCUT2D eigenvalue weighted by Crippen LogP contribution is -2.59. The number of nitrogens with zero attached hydrogens (tertiary/aromatic N) is 1. The van der Waals surface area contributed by atoms with Gasteiger partial charge in [-0.1, -0.05) is 44.6 Å². The van der Waals surface area contributed by atoms with Crippen LogP contribution in [0.5, 0.6) is 0 Å². The Morgan fingerprint density at radius 1 is 0.964 bits per heavy atom. The molecule has 3 fully saturated rings. The van der Waals surface area contributed by atoms with Gasteiger partial charge in [-0.3, -0.25) is 9.59 Å². The van der Waals surface area contributed by atoms with Gasteiger partial charge in [-0.2, -0.15) is 0 Å². The van der Waals surface area contributed by atoms with Crippen LogP contribution < -0.4 is 0 Å². The maximum absolute atomic E-state index is 14.2. The highest BCUT2D eigenvalue weighted by Crippen LogP contribution is 2.40. The summed E-state index contributed by atoms with van der Waals surface area (Å²) in [6, 6.07) is -0.925. The molecule has 0 aromatic heterocycles. The Hall–Kier alpha value is -2.45. The van der Waals surface area contributed by atoms with Crippen molar-refractivity contribution in [3.63, 3.8) is 0 Å². The molecule has 1 aliphatic carbocycles. The molecule has 0 aromatic carbocycles. The Labute approximate surface area is 328 Å². The maximum Gasteiger partial charge on any atom is 0.329 e. The summed E-state index contributed by atoms with van der Waals surface area (Å²) in [5.41, 5.74) is 1.66. The number of rotatable bonds is 6. The summed E-state index contributed by atoms with van der Waals surface area (Å²) in [7, 11) is 3.20. The molecule has 4 rings (SSSR count). The highest BCUT2D eigenvalue weighted by atomic mass is 16.7. The molecule has 4 N–H and O–H groups in total. The van der Waals surface area contributed by atoms with E-state index in [0.29, 0.717) is 76.3 Å². The van der Waals surface area contributed by atoms with Crippen LogP contribution in [0.3, 0.4) is 0 Å². The van der Waals surface area contributed by atoms with Crippen molar-refractivity contribution >= 4 is 17.7 Å². The first-order chi connectivity index (χ1) is 26.0. The van der Waals surface area contributed by atoms with Crippen molar-refractivity contribution in [2.75, 3.05) is 20.8 Å². The van der Waals surface area contributed by atoms with Crippen molar-refractivity contribution in [3.05, 3.63) is 36.0 Å². The van der Waals surface area contributed by atoms with E-state index in [4.69, 9.17) is 18.9 Å². The molecule has 12 nitrogen and oxygen atoms in total. The number of hydrogen-bond donors (Lipinski definition) is 4. The van der Waals surface area contributed by atoms with Gasteiger partial charge in [0.05, 0.1) is 36.9 Å². The number of carbonyl (C=O) groups excluding carboxylic acids is 3. The molecule has 14 atom stereocenters. The second-order valence-corrected chi connectivity index (χ2v) is 17.1. The molecule has 12 heteroatoms. The summed E-state index contributed by atoms with van der Waals surface area (Å²) in [4.78, 5) is 43.8. The van der Waals surface area contributed by atoms with Crippen LogP contribution in [0.4, 0.5) is 0 Å². The van der Waals surface area contributed by atoms with Crippen LogP contribution in [0.1, 0.15) is 112 Å². The lowest BCUT2D eigenvalue weighted by atomic mass is 9.81.